The fourth-order valence-electron chi connectivity index (χ4n) is 2.22. The number of halogens is 1. The number of aromatic nitrogens is 3. The average molecular weight is 417 g/mol. The monoisotopic (exact) mass is 417 g/mol. The van der Waals surface area contributed by atoms with E-state index in [-0.39, 0.29) is 16.5 Å². The van der Waals surface area contributed by atoms with Crippen molar-refractivity contribution in [3.8, 4) is 11.8 Å². The van der Waals surface area contributed by atoms with E-state index >= 15 is 0 Å². The van der Waals surface area contributed by atoms with Crippen molar-refractivity contribution in [2.45, 2.75) is 5.16 Å². The second-order valence-corrected chi connectivity index (χ2v) is 8.22. The van der Waals surface area contributed by atoms with E-state index in [4.69, 9.17) is 0 Å². The third-order valence-electron chi connectivity index (χ3n) is 3.50. The number of sulfone groups is 1. The van der Waals surface area contributed by atoms with Crippen LogP contribution in [0.4, 0.5) is 9.52 Å². The molecule has 0 bridgehead atoms. The maximum atomic E-state index is 13.1. The normalized spacial score (nSPS) is 11.8. The lowest BCUT2D eigenvalue weighted by atomic mass is 10.2. The Kier molecular flexibility index (Phi) is 5.34. The fraction of sp³-hybridized carbons (Fsp3) is 0.0588. The van der Waals surface area contributed by atoms with Crippen LogP contribution in [0.3, 0.4) is 0 Å². The minimum atomic E-state index is -3.60. The summed E-state index contributed by atoms with van der Waals surface area (Å²) in [5.74, 6) is -1.14. The first kappa shape index (κ1) is 19.4. The van der Waals surface area contributed by atoms with Crippen molar-refractivity contribution in [2.75, 3.05) is 11.6 Å². The SMILES string of the molecule is CS(=O)(=O)c1nsc(NC(=O)C(C#N)=Cc2cccn2-c2ccc(F)cc2)n1. The summed E-state index contributed by atoms with van der Waals surface area (Å²) in [5.41, 5.74) is 0.947. The van der Waals surface area contributed by atoms with Crippen LogP contribution in [0.15, 0.2) is 53.3 Å². The molecule has 142 valence electrons. The number of nitriles is 1. The van der Waals surface area contributed by atoms with Gasteiger partial charge in [0.05, 0.1) is 0 Å². The minimum Gasteiger partial charge on any atom is -0.317 e. The summed E-state index contributed by atoms with van der Waals surface area (Å²) in [4.78, 5) is 16.1. The maximum Gasteiger partial charge on any atom is 0.268 e. The van der Waals surface area contributed by atoms with E-state index in [1.165, 1.54) is 18.2 Å². The Balaban J connectivity index is 1.86. The predicted octanol–water partition coefficient (Wildman–Crippen LogP) is 2.42. The van der Waals surface area contributed by atoms with Gasteiger partial charge in [-0.2, -0.15) is 14.6 Å². The lowest BCUT2D eigenvalue weighted by molar-refractivity contribution is -0.112. The highest BCUT2D eigenvalue weighted by Crippen LogP contribution is 2.18. The van der Waals surface area contributed by atoms with Gasteiger partial charge in [0.1, 0.15) is 17.5 Å². The molecule has 0 saturated carbocycles. The van der Waals surface area contributed by atoms with Crippen LogP contribution in [0, 0.1) is 17.1 Å². The smallest absolute Gasteiger partial charge is 0.268 e. The highest BCUT2D eigenvalue weighted by Gasteiger charge is 2.17. The van der Waals surface area contributed by atoms with Crippen LogP contribution in [-0.4, -0.2) is 34.5 Å². The minimum absolute atomic E-state index is 0.0412. The molecule has 0 saturated heterocycles. The second kappa shape index (κ2) is 7.71. The van der Waals surface area contributed by atoms with Gasteiger partial charge in [0.2, 0.25) is 15.0 Å². The fourth-order valence-corrected chi connectivity index (χ4v) is 3.66. The molecule has 28 heavy (non-hydrogen) atoms. The van der Waals surface area contributed by atoms with Crippen molar-refractivity contribution < 1.29 is 17.6 Å². The molecule has 0 unspecified atom stereocenters. The Morgan fingerprint density at radius 2 is 2.04 bits per heavy atom. The first-order chi connectivity index (χ1) is 13.3. The van der Waals surface area contributed by atoms with Crippen molar-refractivity contribution in [1.82, 2.24) is 13.9 Å². The molecule has 11 heteroatoms. The molecule has 3 aromatic rings. The molecule has 2 heterocycles. The Morgan fingerprint density at radius 3 is 2.64 bits per heavy atom. The molecule has 3 rings (SSSR count). The summed E-state index contributed by atoms with van der Waals surface area (Å²) in [7, 11) is -3.60. The van der Waals surface area contributed by atoms with Gasteiger partial charge in [0.25, 0.3) is 11.1 Å². The van der Waals surface area contributed by atoms with E-state index in [0.717, 1.165) is 6.26 Å². The zero-order valence-corrected chi connectivity index (χ0v) is 16.0. The van der Waals surface area contributed by atoms with E-state index in [2.05, 4.69) is 14.7 Å². The summed E-state index contributed by atoms with van der Waals surface area (Å²) in [6.07, 6.45) is 4.01. The Hall–Kier alpha value is -3.36. The number of benzene rings is 1. The molecule has 0 aliphatic heterocycles. The van der Waals surface area contributed by atoms with E-state index in [1.807, 2.05) is 0 Å². The number of carbonyl (C=O) groups is 1. The van der Waals surface area contributed by atoms with Crippen LogP contribution in [0.5, 0.6) is 0 Å². The second-order valence-electron chi connectivity index (χ2n) is 5.56. The Bertz CT molecular complexity index is 1200. The molecule has 0 atom stereocenters. The van der Waals surface area contributed by atoms with Crippen LogP contribution in [0.1, 0.15) is 5.69 Å². The van der Waals surface area contributed by atoms with Crippen LogP contribution in [0.2, 0.25) is 0 Å². The third-order valence-corrected chi connectivity index (χ3v) is 5.09. The lowest BCUT2D eigenvalue weighted by Crippen LogP contribution is -2.13. The van der Waals surface area contributed by atoms with Gasteiger partial charge in [0, 0.05) is 35.4 Å². The quantitative estimate of drug-likeness (QED) is 0.503. The molecule has 0 aliphatic rings. The number of amides is 1. The van der Waals surface area contributed by atoms with E-state index < -0.39 is 20.9 Å². The van der Waals surface area contributed by atoms with Gasteiger partial charge >= 0.3 is 0 Å². The van der Waals surface area contributed by atoms with E-state index in [0.29, 0.717) is 22.9 Å². The molecule has 8 nitrogen and oxygen atoms in total. The molecular formula is C17H12FN5O3S2. The molecule has 1 amide bonds. The number of hydrogen-bond acceptors (Lipinski definition) is 7. The highest BCUT2D eigenvalue weighted by atomic mass is 32.2. The van der Waals surface area contributed by atoms with Crippen molar-refractivity contribution in [3.63, 3.8) is 0 Å². The highest BCUT2D eigenvalue weighted by molar-refractivity contribution is 7.90. The molecule has 1 aromatic carbocycles. The topological polar surface area (TPSA) is 118 Å². The van der Waals surface area contributed by atoms with Gasteiger partial charge in [-0.05, 0) is 42.5 Å². The molecule has 0 spiro atoms. The number of nitrogens with zero attached hydrogens (tertiary/aromatic N) is 4. The largest absolute Gasteiger partial charge is 0.317 e. The molecule has 1 N–H and O–H groups in total. The van der Waals surface area contributed by atoms with E-state index in [1.54, 1.807) is 41.1 Å². The number of hydrogen-bond donors (Lipinski definition) is 1. The van der Waals surface area contributed by atoms with Crippen molar-refractivity contribution >= 4 is 38.5 Å². The molecule has 0 aliphatic carbocycles. The molecule has 2 aromatic heterocycles. The summed E-state index contributed by atoms with van der Waals surface area (Å²) in [6.45, 7) is 0. The van der Waals surface area contributed by atoms with E-state index in [9.17, 15) is 22.9 Å². The number of rotatable bonds is 5. The van der Waals surface area contributed by atoms with Gasteiger partial charge in [-0.1, -0.05) is 0 Å². The summed E-state index contributed by atoms with van der Waals surface area (Å²) < 4.78 is 41.3. The molecular weight excluding hydrogens is 405 g/mol. The van der Waals surface area contributed by atoms with Gasteiger partial charge in [-0.25, -0.2) is 12.8 Å². The molecule has 0 fully saturated rings. The van der Waals surface area contributed by atoms with Crippen molar-refractivity contribution in [3.05, 3.63) is 59.7 Å². The van der Waals surface area contributed by atoms with Crippen LogP contribution >= 0.6 is 11.5 Å². The number of anilines is 1. The maximum absolute atomic E-state index is 13.1. The zero-order valence-electron chi connectivity index (χ0n) is 14.3. The lowest BCUT2D eigenvalue weighted by Gasteiger charge is -2.07. The van der Waals surface area contributed by atoms with Crippen molar-refractivity contribution in [1.29, 1.82) is 5.26 Å². The Morgan fingerprint density at radius 1 is 1.32 bits per heavy atom. The summed E-state index contributed by atoms with van der Waals surface area (Å²) in [5, 5.41) is 11.3. The first-order valence-electron chi connectivity index (χ1n) is 7.68. The van der Waals surface area contributed by atoms with Crippen LogP contribution in [-0.2, 0) is 14.6 Å². The van der Waals surface area contributed by atoms with Gasteiger partial charge in [0.15, 0.2) is 0 Å². The van der Waals surface area contributed by atoms with Crippen molar-refractivity contribution in [2.24, 2.45) is 0 Å². The van der Waals surface area contributed by atoms with Crippen LogP contribution < -0.4 is 5.32 Å². The van der Waals surface area contributed by atoms with Gasteiger partial charge in [-0.3, -0.25) is 10.1 Å². The standard InChI is InChI=1S/C17H12FN5O3S2/c1-28(25,26)17-21-16(27-22-17)20-15(24)11(10-19)9-14-3-2-8-23(14)13-6-4-12(18)5-7-13/h2-9H,1H3,(H,20,21,22,24). The summed E-state index contributed by atoms with van der Waals surface area (Å²) >= 11 is 0.692. The molecule has 0 radical (unpaired) electrons. The number of nitrogens with one attached hydrogen (secondary N) is 1. The average Bonchev–Trinajstić information content (AvgIpc) is 3.29. The predicted molar refractivity (Wildman–Crippen MR) is 101 cm³/mol. The Labute approximate surface area is 163 Å². The van der Waals surface area contributed by atoms with Gasteiger partial charge in [-0.15, -0.1) is 0 Å². The summed E-state index contributed by atoms with van der Waals surface area (Å²) in [6, 6.07) is 10.9. The zero-order chi connectivity index (χ0) is 20.3. The van der Waals surface area contributed by atoms with Crippen LogP contribution in [0.25, 0.3) is 11.8 Å². The first-order valence-corrected chi connectivity index (χ1v) is 10.3. The number of carbonyl (C=O) groups excluding carboxylic acids is 1. The third kappa shape index (κ3) is 4.30. The van der Waals surface area contributed by atoms with Gasteiger partial charge < -0.3 is 4.57 Å².